The van der Waals surface area contributed by atoms with Crippen LogP contribution < -0.4 is 10.1 Å². The van der Waals surface area contributed by atoms with Crippen molar-refractivity contribution in [2.75, 3.05) is 14.2 Å². The Hall–Kier alpha value is -1.36. The van der Waals surface area contributed by atoms with E-state index in [2.05, 4.69) is 5.32 Å². The minimum Gasteiger partial charge on any atom is -0.496 e. The van der Waals surface area contributed by atoms with Crippen LogP contribution in [0.4, 0.5) is 8.78 Å². The van der Waals surface area contributed by atoms with E-state index in [1.165, 1.54) is 7.11 Å². The van der Waals surface area contributed by atoms with Crippen LogP contribution in [0.25, 0.3) is 0 Å². The highest BCUT2D eigenvalue weighted by molar-refractivity contribution is 6.31. The minimum absolute atomic E-state index is 0.121. The highest BCUT2D eigenvalue weighted by Gasteiger charge is 2.21. The summed E-state index contributed by atoms with van der Waals surface area (Å²) >= 11 is 12.0. The van der Waals surface area contributed by atoms with Crippen LogP contribution in [-0.2, 0) is 0 Å². The molecule has 0 aliphatic rings. The second kappa shape index (κ2) is 6.60. The molecule has 1 unspecified atom stereocenters. The van der Waals surface area contributed by atoms with Gasteiger partial charge in [0, 0.05) is 15.6 Å². The number of nitrogens with one attached hydrogen (secondary N) is 1. The molecule has 2 aromatic carbocycles. The molecule has 1 atom stereocenters. The molecule has 0 spiro atoms. The molecule has 0 bridgehead atoms. The summed E-state index contributed by atoms with van der Waals surface area (Å²) in [6, 6.07) is 6.62. The van der Waals surface area contributed by atoms with E-state index in [4.69, 9.17) is 27.9 Å². The predicted octanol–water partition coefficient (Wildman–Crippen LogP) is 4.59. The lowest BCUT2D eigenvalue weighted by atomic mass is 9.97. The van der Waals surface area contributed by atoms with E-state index in [1.54, 1.807) is 25.2 Å². The molecule has 6 heteroatoms. The molecule has 0 heterocycles. The van der Waals surface area contributed by atoms with Crippen LogP contribution in [0.2, 0.25) is 10.0 Å². The van der Waals surface area contributed by atoms with Gasteiger partial charge in [-0.05, 0) is 42.9 Å². The van der Waals surface area contributed by atoms with Crippen LogP contribution in [0.1, 0.15) is 17.2 Å². The molecular weight excluding hydrogens is 319 g/mol. The van der Waals surface area contributed by atoms with Gasteiger partial charge in [-0.3, -0.25) is 0 Å². The number of hydrogen-bond acceptors (Lipinski definition) is 2. The lowest BCUT2D eigenvalue weighted by molar-refractivity contribution is 0.405. The predicted molar refractivity (Wildman–Crippen MR) is 80.3 cm³/mol. The average molecular weight is 332 g/mol. The molecule has 0 amide bonds. The molecule has 2 aromatic rings. The Labute approximate surface area is 131 Å². The van der Waals surface area contributed by atoms with E-state index in [0.717, 1.165) is 12.1 Å². The molecule has 0 aliphatic carbocycles. The Bertz CT molecular complexity index is 664. The van der Waals surface area contributed by atoms with Crippen molar-refractivity contribution in [2.45, 2.75) is 6.04 Å². The fraction of sp³-hybridized carbons (Fsp3) is 0.200. The van der Waals surface area contributed by atoms with Crippen LogP contribution in [0.15, 0.2) is 30.3 Å². The summed E-state index contributed by atoms with van der Waals surface area (Å²) in [7, 11) is 3.20. The summed E-state index contributed by atoms with van der Waals surface area (Å²) in [5, 5.41) is 3.64. The molecule has 1 N–H and O–H groups in total. The fourth-order valence-corrected chi connectivity index (χ4v) is 2.61. The van der Waals surface area contributed by atoms with E-state index >= 15 is 0 Å². The van der Waals surface area contributed by atoms with Crippen molar-refractivity contribution in [3.05, 3.63) is 63.1 Å². The molecule has 0 fully saturated rings. The first-order chi connectivity index (χ1) is 9.97. The molecule has 0 saturated heterocycles. The van der Waals surface area contributed by atoms with Crippen molar-refractivity contribution < 1.29 is 13.5 Å². The first kappa shape index (κ1) is 16.0. The summed E-state index contributed by atoms with van der Waals surface area (Å²) in [4.78, 5) is 0. The van der Waals surface area contributed by atoms with Crippen LogP contribution in [0.3, 0.4) is 0 Å². The van der Waals surface area contributed by atoms with Crippen LogP contribution >= 0.6 is 23.2 Å². The van der Waals surface area contributed by atoms with Crippen molar-refractivity contribution in [1.82, 2.24) is 5.32 Å². The van der Waals surface area contributed by atoms with Crippen molar-refractivity contribution in [1.29, 1.82) is 0 Å². The number of benzene rings is 2. The van der Waals surface area contributed by atoms with Crippen molar-refractivity contribution in [3.8, 4) is 5.75 Å². The molecular formula is C15H13Cl2F2NO. The first-order valence-electron chi connectivity index (χ1n) is 6.13. The molecule has 112 valence electrons. The van der Waals surface area contributed by atoms with E-state index in [0.29, 0.717) is 21.9 Å². The maximum Gasteiger partial charge on any atom is 0.160 e. The quantitative estimate of drug-likeness (QED) is 0.827. The lowest BCUT2D eigenvalue weighted by Gasteiger charge is -2.21. The van der Waals surface area contributed by atoms with Gasteiger partial charge in [-0.15, -0.1) is 0 Å². The topological polar surface area (TPSA) is 21.3 Å². The molecule has 0 saturated carbocycles. The molecule has 2 nitrogen and oxygen atoms in total. The van der Waals surface area contributed by atoms with Crippen molar-refractivity contribution >= 4 is 23.2 Å². The standard InChI is InChI=1S/C15H13Cl2F2NO/c1-20-15(9-6-12(18)13(19)7-11(9)17)10-5-8(16)3-4-14(10)21-2/h3-7,15,20H,1-2H3. The monoisotopic (exact) mass is 331 g/mol. The van der Waals surface area contributed by atoms with Gasteiger partial charge >= 0.3 is 0 Å². The Balaban J connectivity index is 2.59. The first-order valence-corrected chi connectivity index (χ1v) is 6.88. The van der Waals surface area contributed by atoms with Crippen LogP contribution in [0.5, 0.6) is 5.75 Å². The zero-order chi connectivity index (χ0) is 15.6. The maximum absolute atomic E-state index is 13.5. The number of hydrogen-bond donors (Lipinski definition) is 1. The Morgan fingerprint density at radius 1 is 1.05 bits per heavy atom. The third-order valence-corrected chi connectivity index (χ3v) is 3.70. The third-order valence-electron chi connectivity index (χ3n) is 3.14. The van der Waals surface area contributed by atoms with Crippen LogP contribution in [-0.4, -0.2) is 14.2 Å². The van der Waals surface area contributed by atoms with Crippen molar-refractivity contribution in [2.24, 2.45) is 0 Å². The van der Waals surface area contributed by atoms with Gasteiger partial charge in [0.1, 0.15) is 5.75 Å². The smallest absolute Gasteiger partial charge is 0.160 e. The summed E-state index contributed by atoms with van der Waals surface area (Å²) < 4.78 is 32.0. The van der Waals surface area contributed by atoms with Gasteiger partial charge in [0.05, 0.1) is 13.2 Å². The Kier molecular flexibility index (Phi) is 5.04. The Morgan fingerprint density at radius 3 is 2.33 bits per heavy atom. The maximum atomic E-state index is 13.5. The van der Waals surface area contributed by atoms with Gasteiger partial charge in [0.25, 0.3) is 0 Å². The minimum atomic E-state index is -0.989. The van der Waals surface area contributed by atoms with E-state index in [-0.39, 0.29) is 5.02 Å². The average Bonchev–Trinajstić information content (AvgIpc) is 2.45. The van der Waals surface area contributed by atoms with Crippen molar-refractivity contribution in [3.63, 3.8) is 0 Å². The van der Waals surface area contributed by atoms with E-state index in [1.807, 2.05) is 0 Å². The molecule has 2 rings (SSSR count). The highest BCUT2D eigenvalue weighted by atomic mass is 35.5. The number of methoxy groups -OCH3 is 1. The van der Waals surface area contributed by atoms with Gasteiger partial charge in [0.2, 0.25) is 0 Å². The van der Waals surface area contributed by atoms with Gasteiger partial charge in [-0.1, -0.05) is 23.2 Å². The Morgan fingerprint density at radius 2 is 1.71 bits per heavy atom. The van der Waals surface area contributed by atoms with Gasteiger partial charge in [0.15, 0.2) is 11.6 Å². The van der Waals surface area contributed by atoms with Gasteiger partial charge in [-0.2, -0.15) is 0 Å². The second-order valence-electron chi connectivity index (χ2n) is 4.40. The lowest BCUT2D eigenvalue weighted by Crippen LogP contribution is -2.19. The SMILES string of the molecule is CNC(c1cc(F)c(F)cc1Cl)c1cc(Cl)ccc1OC. The number of rotatable bonds is 4. The summed E-state index contributed by atoms with van der Waals surface area (Å²) in [6.07, 6.45) is 0. The van der Waals surface area contributed by atoms with Crippen LogP contribution in [0, 0.1) is 11.6 Å². The molecule has 21 heavy (non-hydrogen) atoms. The number of halogens is 4. The van der Waals surface area contributed by atoms with E-state index < -0.39 is 17.7 Å². The second-order valence-corrected chi connectivity index (χ2v) is 5.24. The molecule has 0 aliphatic heterocycles. The fourth-order valence-electron chi connectivity index (χ4n) is 2.17. The summed E-state index contributed by atoms with van der Waals surface area (Å²) in [6.45, 7) is 0. The van der Waals surface area contributed by atoms with E-state index in [9.17, 15) is 8.78 Å². The summed E-state index contributed by atoms with van der Waals surface area (Å²) in [5.74, 6) is -1.38. The van der Waals surface area contributed by atoms with Gasteiger partial charge in [-0.25, -0.2) is 8.78 Å². The molecule has 0 aromatic heterocycles. The third kappa shape index (κ3) is 3.28. The van der Waals surface area contributed by atoms with Gasteiger partial charge < -0.3 is 10.1 Å². The zero-order valence-electron chi connectivity index (χ0n) is 11.4. The largest absolute Gasteiger partial charge is 0.496 e. The summed E-state index contributed by atoms with van der Waals surface area (Å²) in [5.41, 5.74) is 1.08. The molecule has 0 radical (unpaired) electrons. The zero-order valence-corrected chi connectivity index (χ0v) is 12.9. The number of ether oxygens (including phenoxy) is 1. The normalized spacial score (nSPS) is 12.3. The highest BCUT2D eigenvalue weighted by Crippen LogP contribution is 2.35.